The monoisotopic (exact) mass is 529 g/mol. The molecule has 0 aliphatic carbocycles. The molecule has 5 heterocycles. The summed E-state index contributed by atoms with van der Waals surface area (Å²) in [6.45, 7) is 11.4. The van der Waals surface area contributed by atoms with Gasteiger partial charge in [0.15, 0.2) is 11.6 Å². The number of halogens is 2. The van der Waals surface area contributed by atoms with E-state index in [0.29, 0.717) is 29.3 Å². The first-order valence-corrected chi connectivity index (χ1v) is 13.0. The SMILES string of the molecule is CCN1Cc2cn(Cc3ccc(Nc4ncc(F)c(-c5cc(F)c6nc(C)n(C(C)C)c6c5)n4)nc3)nc2C1. The maximum absolute atomic E-state index is 15.0. The number of rotatable bonds is 7. The second-order valence-corrected chi connectivity index (χ2v) is 10.1. The van der Waals surface area contributed by atoms with Crippen molar-refractivity contribution in [2.24, 2.45) is 0 Å². The van der Waals surface area contributed by atoms with Crippen LogP contribution in [0.4, 0.5) is 20.5 Å². The van der Waals surface area contributed by atoms with Crippen molar-refractivity contribution in [3.05, 3.63) is 77.1 Å². The maximum Gasteiger partial charge on any atom is 0.229 e. The van der Waals surface area contributed by atoms with Gasteiger partial charge in [-0.1, -0.05) is 13.0 Å². The second-order valence-electron chi connectivity index (χ2n) is 10.1. The lowest BCUT2D eigenvalue weighted by Crippen LogP contribution is -2.16. The van der Waals surface area contributed by atoms with Crippen LogP contribution in [0.15, 0.2) is 42.9 Å². The van der Waals surface area contributed by atoms with Crippen LogP contribution in [-0.2, 0) is 19.6 Å². The third kappa shape index (κ3) is 4.74. The zero-order valence-corrected chi connectivity index (χ0v) is 22.3. The number of hydrogen-bond donors (Lipinski definition) is 1. The average molecular weight is 530 g/mol. The summed E-state index contributed by atoms with van der Waals surface area (Å²) in [6.07, 6.45) is 4.93. The molecule has 0 spiro atoms. The molecule has 9 nitrogen and oxygen atoms in total. The number of hydrogen-bond acceptors (Lipinski definition) is 7. The van der Waals surface area contributed by atoms with E-state index in [1.165, 1.54) is 11.6 Å². The highest BCUT2D eigenvalue weighted by Gasteiger charge is 2.21. The number of fused-ring (bicyclic) bond motifs is 2. The van der Waals surface area contributed by atoms with Crippen LogP contribution in [0.2, 0.25) is 0 Å². The van der Waals surface area contributed by atoms with E-state index in [-0.39, 0.29) is 23.2 Å². The first-order valence-electron chi connectivity index (χ1n) is 13.0. The molecule has 0 fully saturated rings. The van der Waals surface area contributed by atoms with Gasteiger partial charge < -0.3 is 9.88 Å². The van der Waals surface area contributed by atoms with E-state index in [9.17, 15) is 8.78 Å². The number of nitrogens with one attached hydrogen (secondary N) is 1. The van der Waals surface area contributed by atoms with Gasteiger partial charge in [-0.2, -0.15) is 5.10 Å². The Labute approximate surface area is 224 Å². The number of benzene rings is 1. The highest BCUT2D eigenvalue weighted by molar-refractivity contribution is 5.83. The number of nitrogens with zero attached hydrogens (tertiary/aromatic N) is 8. The number of anilines is 2. The topological polar surface area (TPSA) is 89.6 Å². The Kier molecular flexibility index (Phi) is 6.30. The minimum atomic E-state index is -0.650. The molecule has 11 heteroatoms. The first-order chi connectivity index (χ1) is 18.8. The molecule has 1 N–H and O–H groups in total. The molecule has 0 amide bonds. The van der Waals surface area contributed by atoms with Crippen LogP contribution < -0.4 is 5.32 Å². The third-order valence-electron chi connectivity index (χ3n) is 7.01. The molecule has 0 atom stereocenters. The summed E-state index contributed by atoms with van der Waals surface area (Å²) in [5.41, 5.74) is 4.55. The van der Waals surface area contributed by atoms with E-state index in [1.54, 1.807) is 12.3 Å². The van der Waals surface area contributed by atoms with E-state index in [0.717, 1.165) is 37.1 Å². The molecule has 0 radical (unpaired) electrons. The van der Waals surface area contributed by atoms with Crippen LogP contribution in [0.25, 0.3) is 22.3 Å². The normalized spacial score (nSPS) is 13.5. The van der Waals surface area contributed by atoms with Gasteiger partial charge in [0.2, 0.25) is 5.95 Å². The van der Waals surface area contributed by atoms with Crippen LogP contribution >= 0.6 is 0 Å². The Morgan fingerprint density at radius 2 is 1.87 bits per heavy atom. The van der Waals surface area contributed by atoms with Gasteiger partial charge in [-0.25, -0.2) is 28.7 Å². The van der Waals surface area contributed by atoms with Crippen LogP contribution in [0, 0.1) is 18.6 Å². The van der Waals surface area contributed by atoms with Gasteiger partial charge in [0.25, 0.3) is 0 Å². The molecular formula is C28H29F2N9. The minimum absolute atomic E-state index is 0.00699. The Hall–Kier alpha value is -4.25. The van der Waals surface area contributed by atoms with Crippen LogP contribution in [-0.4, -0.2) is 45.7 Å². The molecule has 6 rings (SSSR count). The van der Waals surface area contributed by atoms with E-state index in [2.05, 4.69) is 43.3 Å². The molecule has 39 heavy (non-hydrogen) atoms. The molecule has 0 saturated carbocycles. The largest absolute Gasteiger partial charge is 0.326 e. The summed E-state index contributed by atoms with van der Waals surface area (Å²) >= 11 is 0. The van der Waals surface area contributed by atoms with Crippen molar-refractivity contribution < 1.29 is 8.78 Å². The van der Waals surface area contributed by atoms with Gasteiger partial charge >= 0.3 is 0 Å². The molecule has 1 aliphatic heterocycles. The maximum atomic E-state index is 15.0. The summed E-state index contributed by atoms with van der Waals surface area (Å²) in [7, 11) is 0. The van der Waals surface area contributed by atoms with Gasteiger partial charge in [-0.3, -0.25) is 9.58 Å². The van der Waals surface area contributed by atoms with Crippen molar-refractivity contribution in [1.29, 1.82) is 0 Å². The predicted molar refractivity (Wildman–Crippen MR) is 144 cm³/mol. The summed E-state index contributed by atoms with van der Waals surface area (Å²) in [5.74, 6) is 0.177. The molecule has 1 aliphatic rings. The smallest absolute Gasteiger partial charge is 0.229 e. The Bertz CT molecular complexity index is 1650. The van der Waals surface area contributed by atoms with E-state index in [4.69, 9.17) is 5.10 Å². The molecule has 0 saturated heterocycles. The zero-order chi connectivity index (χ0) is 27.3. The average Bonchev–Trinajstić information content (AvgIpc) is 3.57. The lowest BCUT2D eigenvalue weighted by molar-refractivity contribution is 0.295. The quantitative estimate of drug-likeness (QED) is 0.303. The van der Waals surface area contributed by atoms with Crippen molar-refractivity contribution in [3.63, 3.8) is 0 Å². The number of pyridine rings is 1. The Morgan fingerprint density at radius 1 is 1.03 bits per heavy atom. The number of aryl methyl sites for hydroxylation is 1. The molecule has 0 bridgehead atoms. The molecule has 5 aromatic rings. The summed E-state index contributed by atoms with van der Waals surface area (Å²) in [4.78, 5) is 19.6. The minimum Gasteiger partial charge on any atom is -0.326 e. The first kappa shape index (κ1) is 25.1. The lowest BCUT2D eigenvalue weighted by Gasteiger charge is -2.12. The van der Waals surface area contributed by atoms with E-state index >= 15 is 0 Å². The van der Waals surface area contributed by atoms with Gasteiger partial charge in [-0.05, 0) is 51.1 Å². The van der Waals surface area contributed by atoms with Gasteiger partial charge in [0.1, 0.15) is 22.9 Å². The van der Waals surface area contributed by atoms with Crippen LogP contribution in [0.3, 0.4) is 0 Å². The fourth-order valence-corrected chi connectivity index (χ4v) is 5.16. The Morgan fingerprint density at radius 3 is 2.59 bits per heavy atom. The summed E-state index contributed by atoms with van der Waals surface area (Å²) in [5, 5.41) is 7.73. The third-order valence-corrected chi connectivity index (χ3v) is 7.01. The van der Waals surface area contributed by atoms with Gasteiger partial charge in [0, 0.05) is 42.7 Å². The standard InChI is InChI=1S/C28H29F2N9/c1-5-37-13-20-14-38(36-23(20)15-37)12-18-6-7-25(31-10-18)34-28-32-11-22(30)26(35-28)19-8-21(29)27-24(9-19)39(16(2)3)17(4)33-27/h6-11,14,16H,5,12-13,15H2,1-4H3,(H,31,32,34,35). The Balaban J connectivity index is 1.21. The van der Waals surface area contributed by atoms with Crippen molar-refractivity contribution in [2.45, 2.75) is 53.4 Å². The highest BCUT2D eigenvalue weighted by Crippen LogP contribution is 2.30. The van der Waals surface area contributed by atoms with Crippen molar-refractivity contribution in [1.82, 2.24) is 39.2 Å². The fraction of sp³-hybridized carbons (Fsp3) is 0.321. The van der Waals surface area contributed by atoms with Crippen LogP contribution in [0.1, 0.15) is 49.5 Å². The van der Waals surface area contributed by atoms with Gasteiger partial charge in [-0.15, -0.1) is 0 Å². The van der Waals surface area contributed by atoms with Crippen LogP contribution in [0.5, 0.6) is 0 Å². The van der Waals surface area contributed by atoms with Gasteiger partial charge in [0.05, 0.1) is 24.0 Å². The molecular weight excluding hydrogens is 500 g/mol. The van der Waals surface area contributed by atoms with E-state index in [1.807, 2.05) is 42.2 Å². The molecule has 200 valence electrons. The second kappa shape index (κ2) is 9.81. The molecule has 0 unspecified atom stereocenters. The lowest BCUT2D eigenvalue weighted by atomic mass is 10.1. The zero-order valence-electron chi connectivity index (χ0n) is 22.3. The summed E-state index contributed by atoms with van der Waals surface area (Å²) < 4.78 is 33.7. The molecule has 1 aromatic carbocycles. The van der Waals surface area contributed by atoms with Crippen molar-refractivity contribution in [3.8, 4) is 11.3 Å². The van der Waals surface area contributed by atoms with Crippen molar-refractivity contribution in [2.75, 3.05) is 11.9 Å². The molecule has 4 aromatic heterocycles. The summed E-state index contributed by atoms with van der Waals surface area (Å²) in [6, 6.07) is 6.79. The van der Waals surface area contributed by atoms with Crippen molar-refractivity contribution >= 4 is 22.8 Å². The fourth-order valence-electron chi connectivity index (χ4n) is 5.16. The predicted octanol–water partition coefficient (Wildman–Crippen LogP) is 5.38. The number of imidazole rings is 1. The highest BCUT2D eigenvalue weighted by atomic mass is 19.1. The van der Waals surface area contributed by atoms with E-state index < -0.39 is 11.6 Å². The number of aromatic nitrogens is 7.